The van der Waals surface area contributed by atoms with Gasteiger partial charge in [0.1, 0.15) is 0 Å². The van der Waals surface area contributed by atoms with E-state index in [0.29, 0.717) is 23.9 Å². The molecule has 4 aliphatic rings. The first-order valence-corrected chi connectivity index (χ1v) is 10.0. The molecule has 1 aromatic rings. The zero-order valence-electron chi connectivity index (χ0n) is 14.3. The van der Waals surface area contributed by atoms with Crippen molar-refractivity contribution < 1.29 is 4.79 Å². The van der Waals surface area contributed by atoms with Crippen LogP contribution in [0, 0.1) is 29.1 Å². The lowest BCUT2D eigenvalue weighted by Crippen LogP contribution is -2.62. The molecule has 134 valence electrons. The van der Waals surface area contributed by atoms with E-state index in [1.54, 1.807) is 0 Å². The molecular weight excluding hydrogens is 336 g/mol. The van der Waals surface area contributed by atoms with E-state index in [1.165, 1.54) is 31.0 Å². The second kappa shape index (κ2) is 6.52. The van der Waals surface area contributed by atoms with Crippen molar-refractivity contribution in [1.29, 1.82) is 5.26 Å². The summed E-state index contributed by atoms with van der Waals surface area (Å²) < 4.78 is 0. The monoisotopic (exact) mass is 360 g/mol. The summed E-state index contributed by atoms with van der Waals surface area (Å²) in [6.45, 7) is 0.540. The fourth-order valence-electron chi connectivity index (χ4n) is 5.71. The highest BCUT2D eigenvalue weighted by Gasteiger charge is 2.54. The van der Waals surface area contributed by atoms with E-state index in [2.05, 4.69) is 21.3 Å². The highest BCUT2D eigenvalue weighted by Crippen LogP contribution is 2.57. The first kappa shape index (κ1) is 16.7. The lowest BCUT2D eigenvalue weighted by atomic mass is 9.52. The summed E-state index contributed by atoms with van der Waals surface area (Å²) in [7, 11) is 0. The standard InChI is InChI=1S/C17H24N6OS/c18-2-1-3-23(14(24)10-25-16-20-15(19)21-22-16)17-7-11-4-12(8-17)6-13(5-11)9-17/h11-13H,1,3-10H2,(H3,19,20,21,22). The van der Waals surface area contributed by atoms with Crippen molar-refractivity contribution in [1.82, 2.24) is 20.1 Å². The second-order valence-corrected chi connectivity index (χ2v) is 8.83. The average molecular weight is 360 g/mol. The number of hydrogen-bond donors (Lipinski definition) is 2. The Labute approximate surface area is 151 Å². The minimum Gasteiger partial charge on any atom is -0.368 e. The van der Waals surface area contributed by atoms with Gasteiger partial charge >= 0.3 is 0 Å². The SMILES string of the molecule is N#CCCN(C(=O)CSc1n[nH]c(N)n1)C12CC3CC(CC(C3)C1)C2. The van der Waals surface area contributed by atoms with Gasteiger partial charge in [0, 0.05) is 12.1 Å². The van der Waals surface area contributed by atoms with Crippen molar-refractivity contribution in [3.05, 3.63) is 0 Å². The highest BCUT2D eigenvalue weighted by molar-refractivity contribution is 7.99. The van der Waals surface area contributed by atoms with Crippen LogP contribution in [-0.2, 0) is 4.79 Å². The molecule has 0 saturated heterocycles. The van der Waals surface area contributed by atoms with Crippen LogP contribution in [0.4, 0.5) is 5.95 Å². The van der Waals surface area contributed by atoms with Crippen LogP contribution in [0.15, 0.2) is 5.16 Å². The second-order valence-electron chi connectivity index (χ2n) is 7.89. The third kappa shape index (κ3) is 3.22. The molecule has 1 aromatic heterocycles. The fourth-order valence-corrected chi connectivity index (χ4v) is 6.39. The third-order valence-corrected chi connectivity index (χ3v) is 6.97. The predicted octanol–water partition coefficient (Wildman–Crippen LogP) is 2.19. The molecule has 0 spiro atoms. The van der Waals surface area contributed by atoms with Gasteiger partial charge in [0.25, 0.3) is 0 Å². The molecule has 0 atom stereocenters. The van der Waals surface area contributed by atoms with Gasteiger partial charge in [-0.2, -0.15) is 10.2 Å². The molecule has 5 rings (SSSR count). The van der Waals surface area contributed by atoms with Gasteiger partial charge in [0.2, 0.25) is 17.0 Å². The summed E-state index contributed by atoms with van der Waals surface area (Å²) in [5.41, 5.74) is 5.53. The Morgan fingerprint density at radius 3 is 2.48 bits per heavy atom. The van der Waals surface area contributed by atoms with Crippen LogP contribution in [0.2, 0.25) is 0 Å². The molecule has 4 saturated carbocycles. The molecular formula is C17H24N6OS. The molecule has 4 aliphatic carbocycles. The zero-order valence-corrected chi connectivity index (χ0v) is 15.1. The van der Waals surface area contributed by atoms with Gasteiger partial charge in [-0.15, -0.1) is 5.10 Å². The lowest BCUT2D eigenvalue weighted by Gasteiger charge is -2.60. The molecule has 0 aliphatic heterocycles. The fraction of sp³-hybridized carbons (Fsp3) is 0.765. The number of aromatic nitrogens is 3. The van der Waals surface area contributed by atoms with E-state index in [4.69, 9.17) is 11.0 Å². The molecule has 1 amide bonds. The van der Waals surface area contributed by atoms with Crippen LogP contribution in [0.5, 0.6) is 0 Å². The molecule has 1 heterocycles. The number of aromatic amines is 1. The average Bonchev–Trinajstić information content (AvgIpc) is 2.97. The Hall–Kier alpha value is -1.75. The van der Waals surface area contributed by atoms with Crippen LogP contribution in [0.1, 0.15) is 44.9 Å². The molecule has 4 bridgehead atoms. The Kier molecular flexibility index (Phi) is 4.36. The molecule has 0 aromatic carbocycles. The van der Waals surface area contributed by atoms with Gasteiger partial charge in [0.05, 0.1) is 18.2 Å². The summed E-state index contributed by atoms with van der Waals surface area (Å²) in [6, 6.07) is 2.22. The number of carbonyl (C=O) groups is 1. The van der Waals surface area contributed by atoms with Crippen molar-refractivity contribution in [2.24, 2.45) is 17.8 Å². The number of nitrogens with two attached hydrogens (primary N) is 1. The first-order chi connectivity index (χ1) is 12.1. The maximum Gasteiger partial charge on any atom is 0.233 e. The molecule has 25 heavy (non-hydrogen) atoms. The number of carbonyl (C=O) groups excluding carboxylic acids is 1. The van der Waals surface area contributed by atoms with Gasteiger partial charge in [-0.3, -0.25) is 4.79 Å². The topological polar surface area (TPSA) is 112 Å². The first-order valence-electron chi connectivity index (χ1n) is 9.06. The maximum atomic E-state index is 13.0. The summed E-state index contributed by atoms with van der Waals surface area (Å²) in [5, 5.41) is 16.1. The van der Waals surface area contributed by atoms with Crippen LogP contribution < -0.4 is 5.73 Å². The van der Waals surface area contributed by atoms with Crippen molar-refractivity contribution in [3.8, 4) is 6.07 Å². The van der Waals surface area contributed by atoms with E-state index in [-0.39, 0.29) is 17.4 Å². The Bertz CT molecular complexity index is 660. The van der Waals surface area contributed by atoms with Crippen LogP contribution >= 0.6 is 11.8 Å². The summed E-state index contributed by atoms with van der Waals surface area (Å²) >= 11 is 1.31. The molecule has 3 N–H and O–H groups in total. The van der Waals surface area contributed by atoms with Crippen molar-refractivity contribution in [3.63, 3.8) is 0 Å². The van der Waals surface area contributed by atoms with Gasteiger partial charge in [-0.1, -0.05) is 11.8 Å². The van der Waals surface area contributed by atoms with Crippen molar-refractivity contribution >= 4 is 23.6 Å². The summed E-state index contributed by atoms with van der Waals surface area (Å²) in [6.07, 6.45) is 7.77. The normalized spacial score (nSPS) is 32.5. The number of hydrogen-bond acceptors (Lipinski definition) is 6. The summed E-state index contributed by atoms with van der Waals surface area (Å²) in [5.74, 6) is 2.96. The van der Waals surface area contributed by atoms with Crippen molar-refractivity contribution in [2.75, 3.05) is 18.0 Å². The Morgan fingerprint density at radius 1 is 1.32 bits per heavy atom. The van der Waals surface area contributed by atoms with Crippen molar-refractivity contribution in [2.45, 2.75) is 55.6 Å². The van der Waals surface area contributed by atoms with Gasteiger partial charge in [0.15, 0.2) is 0 Å². The maximum absolute atomic E-state index is 13.0. The summed E-state index contributed by atoms with van der Waals surface area (Å²) in [4.78, 5) is 19.1. The minimum atomic E-state index is -0.0126. The largest absolute Gasteiger partial charge is 0.368 e. The van der Waals surface area contributed by atoms with E-state index >= 15 is 0 Å². The van der Waals surface area contributed by atoms with E-state index in [1.807, 2.05) is 4.90 Å². The third-order valence-electron chi connectivity index (χ3n) is 6.13. The zero-order chi connectivity index (χ0) is 17.4. The molecule has 8 heteroatoms. The quantitative estimate of drug-likeness (QED) is 0.752. The highest BCUT2D eigenvalue weighted by atomic mass is 32.2. The van der Waals surface area contributed by atoms with E-state index in [9.17, 15) is 4.79 Å². The van der Waals surface area contributed by atoms with Gasteiger partial charge in [-0.25, -0.2) is 5.10 Å². The van der Waals surface area contributed by atoms with Crippen LogP contribution in [-0.4, -0.2) is 43.8 Å². The Balaban J connectivity index is 1.49. The van der Waals surface area contributed by atoms with E-state index < -0.39 is 0 Å². The minimum absolute atomic E-state index is 0.0126. The number of nitriles is 1. The number of thioether (sulfide) groups is 1. The molecule has 7 nitrogen and oxygen atoms in total. The number of nitrogens with one attached hydrogen (secondary N) is 1. The number of nitrogens with zero attached hydrogens (tertiary/aromatic N) is 4. The van der Waals surface area contributed by atoms with Gasteiger partial charge < -0.3 is 10.6 Å². The number of anilines is 1. The van der Waals surface area contributed by atoms with Crippen LogP contribution in [0.25, 0.3) is 0 Å². The lowest BCUT2D eigenvalue weighted by molar-refractivity contribution is -0.147. The number of amides is 1. The number of H-pyrrole nitrogens is 1. The Morgan fingerprint density at radius 2 is 1.96 bits per heavy atom. The molecule has 0 unspecified atom stereocenters. The predicted molar refractivity (Wildman–Crippen MR) is 94.4 cm³/mol. The van der Waals surface area contributed by atoms with E-state index in [0.717, 1.165) is 37.0 Å². The molecule has 0 radical (unpaired) electrons. The number of nitrogen functional groups attached to an aromatic ring is 1. The molecule has 4 fully saturated rings. The van der Waals surface area contributed by atoms with Gasteiger partial charge in [-0.05, 0) is 56.3 Å². The smallest absolute Gasteiger partial charge is 0.233 e. The van der Waals surface area contributed by atoms with Crippen LogP contribution in [0.3, 0.4) is 0 Å². The number of rotatable bonds is 6.